The van der Waals surface area contributed by atoms with Crippen molar-refractivity contribution in [2.24, 2.45) is 5.92 Å². The number of carbonyl (C=O) groups is 2. The van der Waals surface area contributed by atoms with E-state index in [9.17, 15) is 14.0 Å². The van der Waals surface area contributed by atoms with Crippen LogP contribution in [0.2, 0.25) is 0 Å². The Morgan fingerprint density at radius 2 is 2.25 bits per heavy atom. The number of ketones is 1. The second kappa shape index (κ2) is 6.66. The number of pyridine rings is 1. The molecule has 0 spiro atoms. The maximum Gasteiger partial charge on any atom is 0.233 e. The lowest BCUT2D eigenvalue weighted by molar-refractivity contribution is -0.123. The van der Waals surface area contributed by atoms with Gasteiger partial charge in [-0.1, -0.05) is 12.1 Å². The molecule has 1 aliphatic rings. The molecule has 0 radical (unpaired) electrons. The van der Waals surface area contributed by atoms with Crippen molar-refractivity contribution in [1.29, 1.82) is 0 Å². The number of nitrogens with zero attached hydrogens (tertiary/aromatic N) is 1. The summed E-state index contributed by atoms with van der Waals surface area (Å²) in [4.78, 5) is 28.9. The number of Topliss-reactive ketones (excluding diaryl/α,β-unsaturated/α-hetero) is 1. The molecule has 0 saturated carbocycles. The van der Waals surface area contributed by atoms with E-state index in [0.717, 1.165) is 0 Å². The van der Waals surface area contributed by atoms with Crippen molar-refractivity contribution in [1.82, 2.24) is 10.3 Å². The molecule has 0 bridgehead atoms. The van der Waals surface area contributed by atoms with Gasteiger partial charge < -0.3 is 15.4 Å². The van der Waals surface area contributed by atoms with Crippen LogP contribution in [-0.4, -0.2) is 30.3 Å². The Labute approximate surface area is 138 Å². The first kappa shape index (κ1) is 15.9. The van der Waals surface area contributed by atoms with Crippen LogP contribution in [0.15, 0.2) is 36.4 Å². The molecular formula is C17H16FN3O3. The first-order valence-electron chi connectivity index (χ1n) is 7.44. The molecule has 1 unspecified atom stereocenters. The number of ether oxygens (including phenoxy) is 1. The van der Waals surface area contributed by atoms with Crippen molar-refractivity contribution in [3.05, 3.63) is 53.5 Å². The van der Waals surface area contributed by atoms with Crippen molar-refractivity contribution in [3.63, 3.8) is 0 Å². The number of hydrogen-bond donors (Lipinski definition) is 2. The summed E-state index contributed by atoms with van der Waals surface area (Å²) in [5.41, 5.74) is 1.39. The molecule has 0 saturated heterocycles. The Morgan fingerprint density at radius 1 is 1.42 bits per heavy atom. The van der Waals surface area contributed by atoms with Crippen molar-refractivity contribution in [2.45, 2.75) is 6.54 Å². The topological polar surface area (TPSA) is 80.3 Å². The average Bonchev–Trinajstić information content (AvgIpc) is 2.60. The highest BCUT2D eigenvalue weighted by Crippen LogP contribution is 2.25. The predicted octanol–water partition coefficient (Wildman–Crippen LogP) is 1.77. The second-order valence-corrected chi connectivity index (χ2v) is 5.40. The molecule has 2 aromatic rings. The summed E-state index contributed by atoms with van der Waals surface area (Å²) in [5.74, 6) is -1.73. The maximum atomic E-state index is 13.1. The summed E-state index contributed by atoms with van der Waals surface area (Å²) < 4.78 is 18.2. The smallest absolute Gasteiger partial charge is 0.233 e. The SMILES string of the molecule is COc1ccc2c(n1)C(=O)C(C(=O)NCc1cccc(F)c1)CN2. The molecule has 2 N–H and O–H groups in total. The van der Waals surface area contributed by atoms with E-state index in [1.165, 1.54) is 19.2 Å². The molecule has 1 aromatic heterocycles. The highest BCUT2D eigenvalue weighted by molar-refractivity contribution is 6.13. The fraction of sp³-hybridized carbons (Fsp3) is 0.235. The number of benzene rings is 1. The van der Waals surface area contributed by atoms with Crippen LogP contribution in [0.4, 0.5) is 10.1 Å². The Kier molecular flexibility index (Phi) is 4.41. The van der Waals surface area contributed by atoms with Crippen molar-refractivity contribution in [3.8, 4) is 5.88 Å². The van der Waals surface area contributed by atoms with Crippen molar-refractivity contribution < 1.29 is 18.7 Å². The van der Waals surface area contributed by atoms with Crippen LogP contribution in [0.1, 0.15) is 16.1 Å². The van der Waals surface area contributed by atoms with Gasteiger partial charge in [-0.2, -0.15) is 0 Å². The summed E-state index contributed by atoms with van der Waals surface area (Å²) >= 11 is 0. The van der Waals surface area contributed by atoms with Gasteiger partial charge in [0, 0.05) is 19.2 Å². The lowest BCUT2D eigenvalue weighted by Gasteiger charge is -2.23. The van der Waals surface area contributed by atoms with Crippen LogP contribution < -0.4 is 15.4 Å². The Hall–Kier alpha value is -2.96. The zero-order chi connectivity index (χ0) is 17.1. The monoisotopic (exact) mass is 329 g/mol. The van der Waals surface area contributed by atoms with Gasteiger partial charge in [-0.3, -0.25) is 9.59 Å². The van der Waals surface area contributed by atoms with Gasteiger partial charge >= 0.3 is 0 Å². The molecule has 2 heterocycles. The number of amides is 1. The van der Waals surface area contributed by atoms with E-state index in [-0.39, 0.29) is 30.4 Å². The van der Waals surface area contributed by atoms with Gasteiger partial charge in [0.05, 0.1) is 12.8 Å². The number of halogens is 1. The Balaban J connectivity index is 1.70. The maximum absolute atomic E-state index is 13.1. The number of carbonyl (C=O) groups excluding carboxylic acids is 2. The van der Waals surface area contributed by atoms with E-state index in [2.05, 4.69) is 15.6 Å². The van der Waals surface area contributed by atoms with Crippen LogP contribution in [0, 0.1) is 11.7 Å². The summed E-state index contributed by atoms with van der Waals surface area (Å²) in [6.45, 7) is 0.341. The molecule has 1 atom stereocenters. The first-order chi connectivity index (χ1) is 11.6. The van der Waals surface area contributed by atoms with E-state index in [1.807, 2.05) is 0 Å². The quantitative estimate of drug-likeness (QED) is 0.836. The molecular weight excluding hydrogens is 313 g/mol. The number of nitrogens with one attached hydrogen (secondary N) is 2. The molecule has 0 fully saturated rings. The molecule has 24 heavy (non-hydrogen) atoms. The highest BCUT2D eigenvalue weighted by atomic mass is 19.1. The number of fused-ring (bicyclic) bond motifs is 1. The summed E-state index contributed by atoms with van der Waals surface area (Å²) in [7, 11) is 1.46. The lowest BCUT2D eigenvalue weighted by Crippen LogP contribution is -2.42. The largest absolute Gasteiger partial charge is 0.481 e. The minimum Gasteiger partial charge on any atom is -0.481 e. The third-order valence-corrected chi connectivity index (χ3v) is 3.80. The van der Waals surface area contributed by atoms with E-state index in [0.29, 0.717) is 17.1 Å². The first-order valence-corrected chi connectivity index (χ1v) is 7.44. The fourth-order valence-corrected chi connectivity index (χ4v) is 2.53. The zero-order valence-electron chi connectivity index (χ0n) is 13.0. The minimum absolute atomic E-state index is 0.152. The molecule has 0 aliphatic carbocycles. The summed E-state index contributed by atoms with van der Waals surface area (Å²) in [6.07, 6.45) is 0. The normalized spacial score (nSPS) is 16.1. The van der Waals surface area contributed by atoms with Gasteiger partial charge in [0.1, 0.15) is 17.4 Å². The number of methoxy groups -OCH3 is 1. The Bertz CT molecular complexity index is 794. The zero-order valence-corrected chi connectivity index (χ0v) is 13.0. The van der Waals surface area contributed by atoms with E-state index in [1.54, 1.807) is 24.3 Å². The molecule has 3 rings (SSSR count). The standard InChI is InChI=1S/C17H16FN3O3/c1-24-14-6-5-13-15(21-14)16(22)12(9-19-13)17(23)20-8-10-3-2-4-11(18)7-10/h2-7,12,19H,8-9H2,1H3,(H,20,23). The van der Waals surface area contributed by atoms with Gasteiger partial charge in [-0.15, -0.1) is 0 Å². The number of aromatic nitrogens is 1. The Morgan fingerprint density at radius 3 is 3.00 bits per heavy atom. The third-order valence-electron chi connectivity index (χ3n) is 3.80. The van der Waals surface area contributed by atoms with Crippen LogP contribution in [-0.2, 0) is 11.3 Å². The molecule has 124 valence electrons. The highest BCUT2D eigenvalue weighted by Gasteiger charge is 2.34. The van der Waals surface area contributed by atoms with Crippen LogP contribution in [0.25, 0.3) is 0 Å². The summed E-state index contributed by atoms with van der Waals surface area (Å²) in [6, 6.07) is 9.27. The van der Waals surface area contributed by atoms with Gasteiger partial charge in [0.25, 0.3) is 0 Å². The lowest BCUT2D eigenvalue weighted by atomic mass is 9.95. The minimum atomic E-state index is -0.884. The van der Waals surface area contributed by atoms with Gasteiger partial charge in [0.2, 0.25) is 11.8 Å². The van der Waals surface area contributed by atoms with Gasteiger partial charge in [0.15, 0.2) is 5.78 Å². The van der Waals surface area contributed by atoms with Crippen LogP contribution in [0.3, 0.4) is 0 Å². The molecule has 7 heteroatoms. The number of anilines is 1. The van der Waals surface area contributed by atoms with E-state index < -0.39 is 11.8 Å². The third kappa shape index (κ3) is 3.19. The summed E-state index contributed by atoms with van der Waals surface area (Å²) in [5, 5.41) is 5.68. The number of hydrogen-bond acceptors (Lipinski definition) is 5. The molecule has 1 aromatic carbocycles. The van der Waals surface area contributed by atoms with E-state index in [4.69, 9.17) is 4.74 Å². The average molecular weight is 329 g/mol. The predicted molar refractivity (Wildman–Crippen MR) is 85.3 cm³/mol. The van der Waals surface area contributed by atoms with Crippen LogP contribution >= 0.6 is 0 Å². The van der Waals surface area contributed by atoms with Crippen LogP contribution in [0.5, 0.6) is 5.88 Å². The second-order valence-electron chi connectivity index (χ2n) is 5.40. The fourth-order valence-electron chi connectivity index (χ4n) is 2.53. The number of rotatable bonds is 4. The van der Waals surface area contributed by atoms with Crippen molar-refractivity contribution in [2.75, 3.05) is 19.0 Å². The van der Waals surface area contributed by atoms with Crippen molar-refractivity contribution >= 4 is 17.4 Å². The van der Waals surface area contributed by atoms with Gasteiger partial charge in [-0.25, -0.2) is 9.37 Å². The van der Waals surface area contributed by atoms with Gasteiger partial charge in [-0.05, 0) is 23.8 Å². The molecule has 6 nitrogen and oxygen atoms in total. The van der Waals surface area contributed by atoms with E-state index >= 15 is 0 Å². The molecule has 1 aliphatic heterocycles. The molecule has 1 amide bonds.